The number of halogens is 5. The fraction of sp³-hybridized carbons (Fsp3) is 0.217. The average Bonchev–Trinajstić information content (AvgIpc) is 3.19. The maximum atomic E-state index is 14.9. The van der Waals surface area contributed by atoms with E-state index in [1.807, 2.05) is 0 Å². The summed E-state index contributed by atoms with van der Waals surface area (Å²) in [6.45, 7) is -0.487. The summed E-state index contributed by atoms with van der Waals surface area (Å²) >= 11 is 17.9. The van der Waals surface area contributed by atoms with Crippen LogP contribution in [0.15, 0.2) is 59.6 Å². The van der Waals surface area contributed by atoms with Crippen LogP contribution in [-0.4, -0.2) is 36.8 Å². The van der Waals surface area contributed by atoms with E-state index in [2.05, 4.69) is 5.10 Å². The number of hydrogen-bond donors (Lipinski definition) is 1. The van der Waals surface area contributed by atoms with Crippen molar-refractivity contribution < 1.29 is 26.7 Å². The molecule has 1 amide bonds. The van der Waals surface area contributed by atoms with E-state index in [1.54, 1.807) is 22.9 Å². The Balaban J connectivity index is 1.52. The Hall–Kier alpha value is -2.66. The van der Waals surface area contributed by atoms with Crippen molar-refractivity contribution >= 4 is 56.5 Å². The number of carbonyl (C=O) groups excluding carboxylic acids is 1. The molecule has 13 heteroatoms. The van der Waals surface area contributed by atoms with Gasteiger partial charge in [0.1, 0.15) is 6.61 Å². The van der Waals surface area contributed by atoms with E-state index in [4.69, 9.17) is 39.5 Å². The van der Waals surface area contributed by atoms with E-state index in [1.165, 1.54) is 35.1 Å². The number of nitrogens with zero attached hydrogens (tertiary/aromatic N) is 2. The standard InChI is InChI=1S/C23H18Cl3F2N3O4S/c24-16-3-5-18(6-4-16)36(33,34)30-22(32)35-10-8-19-21-14(7-9-23(19,27)28)12-29-31(21)13-15-1-2-17(25)11-20(15)26/h1-6,8,11-12H,7,9-10,13H2,(H,30,32)/b19-8-. The molecule has 0 unspecified atom stereocenters. The van der Waals surface area contributed by atoms with E-state index in [0.717, 1.165) is 6.08 Å². The van der Waals surface area contributed by atoms with Crippen molar-refractivity contribution in [3.8, 4) is 0 Å². The summed E-state index contributed by atoms with van der Waals surface area (Å²) < 4.78 is 62.4. The number of carbonyl (C=O) groups is 1. The predicted octanol–water partition coefficient (Wildman–Crippen LogP) is 5.97. The fourth-order valence-electron chi connectivity index (χ4n) is 3.71. The molecule has 1 aliphatic rings. The zero-order valence-corrected chi connectivity index (χ0v) is 21.4. The third kappa shape index (κ3) is 5.83. The lowest BCUT2D eigenvalue weighted by Gasteiger charge is -2.26. The number of benzene rings is 2. The van der Waals surface area contributed by atoms with Gasteiger partial charge in [0.2, 0.25) is 0 Å². The highest BCUT2D eigenvalue weighted by Crippen LogP contribution is 2.42. The molecule has 7 nitrogen and oxygen atoms in total. The molecule has 0 fully saturated rings. The molecule has 190 valence electrons. The maximum absolute atomic E-state index is 14.9. The lowest BCUT2D eigenvalue weighted by atomic mass is 9.89. The number of alkyl halides is 2. The zero-order chi connectivity index (χ0) is 26.1. The number of hydrogen-bond acceptors (Lipinski definition) is 5. The Morgan fingerprint density at radius 1 is 1.14 bits per heavy atom. The third-order valence-electron chi connectivity index (χ3n) is 5.45. The molecule has 0 saturated heterocycles. The summed E-state index contributed by atoms with van der Waals surface area (Å²) in [5.74, 6) is -3.22. The summed E-state index contributed by atoms with van der Waals surface area (Å²) in [6, 6.07) is 9.96. The van der Waals surface area contributed by atoms with Gasteiger partial charge in [-0.25, -0.2) is 26.7 Å². The first-order valence-electron chi connectivity index (χ1n) is 10.5. The smallest absolute Gasteiger partial charge is 0.421 e. The molecule has 1 N–H and O–H groups in total. The predicted molar refractivity (Wildman–Crippen MR) is 132 cm³/mol. The van der Waals surface area contributed by atoms with Crippen LogP contribution >= 0.6 is 34.8 Å². The van der Waals surface area contributed by atoms with Gasteiger partial charge in [-0.05, 0) is 60.0 Å². The molecule has 0 aliphatic heterocycles. The van der Waals surface area contributed by atoms with Gasteiger partial charge in [-0.2, -0.15) is 5.10 Å². The number of aromatic nitrogens is 2. The van der Waals surface area contributed by atoms with Crippen LogP contribution in [0.4, 0.5) is 13.6 Å². The van der Waals surface area contributed by atoms with Crippen molar-refractivity contribution in [1.29, 1.82) is 0 Å². The Bertz CT molecular complexity index is 1440. The van der Waals surface area contributed by atoms with Crippen LogP contribution in [0.25, 0.3) is 5.57 Å². The topological polar surface area (TPSA) is 90.3 Å². The molecule has 36 heavy (non-hydrogen) atoms. The van der Waals surface area contributed by atoms with Crippen LogP contribution in [0.5, 0.6) is 0 Å². The van der Waals surface area contributed by atoms with E-state index >= 15 is 0 Å². The summed E-state index contributed by atoms with van der Waals surface area (Å²) in [7, 11) is -4.23. The highest BCUT2D eigenvalue weighted by Gasteiger charge is 2.41. The second-order valence-corrected chi connectivity index (χ2v) is 10.9. The van der Waals surface area contributed by atoms with Crippen LogP contribution in [0.1, 0.15) is 23.2 Å². The number of fused-ring (bicyclic) bond motifs is 1. The molecule has 1 aromatic heterocycles. The minimum atomic E-state index is -4.23. The van der Waals surface area contributed by atoms with Crippen molar-refractivity contribution in [1.82, 2.24) is 14.5 Å². The third-order valence-corrected chi connectivity index (χ3v) is 7.62. The van der Waals surface area contributed by atoms with Gasteiger partial charge in [0, 0.05) is 27.1 Å². The number of allylic oxidation sites excluding steroid dienone is 1. The number of sulfonamides is 1. The van der Waals surface area contributed by atoms with Crippen molar-refractivity contribution in [2.75, 3.05) is 6.61 Å². The number of nitrogens with one attached hydrogen (secondary N) is 1. The summed E-state index contributed by atoms with van der Waals surface area (Å²) in [5.41, 5.74) is 1.05. The van der Waals surface area contributed by atoms with Gasteiger partial charge in [0.25, 0.3) is 15.9 Å². The van der Waals surface area contributed by atoms with Gasteiger partial charge >= 0.3 is 6.09 Å². The van der Waals surface area contributed by atoms with Crippen LogP contribution < -0.4 is 4.72 Å². The van der Waals surface area contributed by atoms with Crippen molar-refractivity contribution in [3.05, 3.63) is 86.6 Å². The van der Waals surface area contributed by atoms with Crippen LogP contribution in [-0.2, 0) is 27.7 Å². The zero-order valence-electron chi connectivity index (χ0n) is 18.4. The minimum absolute atomic E-state index is 0.106. The highest BCUT2D eigenvalue weighted by molar-refractivity contribution is 7.90. The molecule has 0 bridgehead atoms. The van der Waals surface area contributed by atoms with E-state index in [-0.39, 0.29) is 29.1 Å². The van der Waals surface area contributed by atoms with Gasteiger partial charge in [0.15, 0.2) is 0 Å². The molecule has 1 heterocycles. The first-order valence-corrected chi connectivity index (χ1v) is 13.1. The van der Waals surface area contributed by atoms with Crippen LogP contribution in [0, 0.1) is 0 Å². The number of ether oxygens (including phenoxy) is 1. The molecule has 0 spiro atoms. The van der Waals surface area contributed by atoms with Gasteiger partial charge in [-0.3, -0.25) is 4.68 Å². The monoisotopic (exact) mass is 575 g/mol. The van der Waals surface area contributed by atoms with E-state index in [9.17, 15) is 22.0 Å². The maximum Gasteiger partial charge on any atom is 0.421 e. The number of amides is 1. The van der Waals surface area contributed by atoms with Crippen LogP contribution in [0.3, 0.4) is 0 Å². The normalized spacial score (nSPS) is 16.0. The Morgan fingerprint density at radius 3 is 2.53 bits per heavy atom. The van der Waals surface area contributed by atoms with Crippen molar-refractivity contribution in [2.45, 2.75) is 30.2 Å². The first-order chi connectivity index (χ1) is 17.0. The SMILES string of the molecule is O=C(NS(=O)(=O)c1ccc(Cl)cc1)OC/C=C1/c2c(cnn2Cc2ccc(Cl)cc2Cl)CCC1(F)F. The molecule has 0 saturated carbocycles. The molecule has 1 aliphatic carbocycles. The summed E-state index contributed by atoms with van der Waals surface area (Å²) in [6.07, 6.45) is 0.899. The van der Waals surface area contributed by atoms with Gasteiger partial charge in [-0.15, -0.1) is 0 Å². The Labute approximate surface area is 220 Å². The summed E-state index contributed by atoms with van der Waals surface area (Å²) in [5, 5.41) is 5.36. The summed E-state index contributed by atoms with van der Waals surface area (Å²) in [4.78, 5) is 11.9. The highest BCUT2D eigenvalue weighted by atomic mass is 35.5. The lowest BCUT2D eigenvalue weighted by molar-refractivity contribution is 0.0526. The van der Waals surface area contributed by atoms with E-state index in [0.29, 0.717) is 26.2 Å². The minimum Gasteiger partial charge on any atom is -0.445 e. The van der Waals surface area contributed by atoms with Crippen molar-refractivity contribution in [2.24, 2.45) is 0 Å². The first kappa shape index (κ1) is 26.4. The van der Waals surface area contributed by atoms with Crippen molar-refractivity contribution in [3.63, 3.8) is 0 Å². The van der Waals surface area contributed by atoms with Gasteiger partial charge in [0.05, 0.1) is 23.3 Å². The average molecular weight is 577 g/mol. The Kier molecular flexibility index (Phi) is 7.61. The molecular formula is C23H18Cl3F2N3O4S. The molecule has 2 aromatic carbocycles. The largest absolute Gasteiger partial charge is 0.445 e. The molecule has 4 rings (SSSR count). The van der Waals surface area contributed by atoms with Gasteiger partial charge in [-0.1, -0.05) is 40.9 Å². The second-order valence-electron chi connectivity index (χ2n) is 7.89. The molecule has 0 atom stereocenters. The lowest BCUT2D eigenvalue weighted by Crippen LogP contribution is -2.31. The quantitative estimate of drug-likeness (QED) is 0.390. The molecular weight excluding hydrogens is 559 g/mol. The fourth-order valence-corrected chi connectivity index (χ4v) is 5.19. The van der Waals surface area contributed by atoms with E-state index < -0.39 is 35.1 Å². The van der Waals surface area contributed by atoms with Crippen LogP contribution in [0.2, 0.25) is 15.1 Å². The molecule has 0 radical (unpaired) electrons. The molecule has 3 aromatic rings. The number of aryl methyl sites for hydroxylation is 1. The Morgan fingerprint density at radius 2 is 1.83 bits per heavy atom. The number of rotatable bonds is 6. The second kappa shape index (κ2) is 10.4. The van der Waals surface area contributed by atoms with Gasteiger partial charge < -0.3 is 4.74 Å².